The lowest BCUT2D eigenvalue weighted by molar-refractivity contribution is -0.138. The van der Waals surface area contributed by atoms with Crippen molar-refractivity contribution in [3.05, 3.63) is 64.1 Å². The molecular weight excluding hydrogens is 334 g/mol. The molecule has 0 fully saturated rings. The minimum atomic E-state index is -0.929. The smallest absolute Gasteiger partial charge is 0.330 e. The van der Waals surface area contributed by atoms with Gasteiger partial charge in [0.05, 0.1) is 6.61 Å². The van der Waals surface area contributed by atoms with Crippen LogP contribution in [0.5, 0.6) is 0 Å². The van der Waals surface area contributed by atoms with Gasteiger partial charge < -0.3 is 15.2 Å². The molecule has 0 spiro atoms. The van der Waals surface area contributed by atoms with E-state index in [2.05, 4.69) is 21.2 Å². The first-order valence-electron chi connectivity index (χ1n) is 6.43. The number of nitrogens with one attached hydrogen (secondary N) is 1. The van der Waals surface area contributed by atoms with E-state index in [4.69, 9.17) is 4.74 Å². The largest absolute Gasteiger partial charge is 0.479 e. The molecule has 2 rings (SSSR count). The van der Waals surface area contributed by atoms with E-state index in [1.54, 1.807) is 13.2 Å². The number of ether oxygens (including phenoxy) is 1. The summed E-state index contributed by atoms with van der Waals surface area (Å²) in [6.07, 6.45) is 0. The van der Waals surface area contributed by atoms with Crippen molar-refractivity contribution in [1.29, 1.82) is 0 Å². The van der Waals surface area contributed by atoms with Crippen molar-refractivity contribution >= 4 is 27.6 Å². The number of rotatable bonds is 6. The van der Waals surface area contributed by atoms with E-state index in [0.29, 0.717) is 12.2 Å². The third-order valence-electron chi connectivity index (χ3n) is 3.07. The highest BCUT2D eigenvalue weighted by Crippen LogP contribution is 2.24. The Bertz CT molecular complexity index is 613. The Labute approximate surface area is 131 Å². The summed E-state index contributed by atoms with van der Waals surface area (Å²) in [5.41, 5.74) is 2.31. The second-order valence-corrected chi connectivity index (χ2v) is 5.47. The molecule has 0 saturated carbocycles. The summed E-state index contributed by atoms with van der Waals surface area (Å²) >= 11 is 3.36. The maximum Gasteiger partial charge on any atom is 0.330 e. The topological polar surface area (TPSA) is 58.6 Å². The second kappa shape index (κ2) is 7.24. The molecule has 0 aliphatic rings. The highest BCUT2D eigenvalue weighted by Gasteiger charge is 2.22. The van der Waals surface area contributed by atoms with Crippen LogP contribution in [0.25, 0.3) is 0 Å². The van der Waals surface area contributed by atoms with Gasteiger partial charge in [0.25, 0.3) is 0 Å². The van der Waals surface area contributed by atoms with Crippen molar-refractivity contribution in [3.8, 4) is 0 Å². The summed E-state index contributed by atoms with van der Waals surface area (Å²) in [7, 11) is 1.59. The molecule has 4 nitrogen and oxygen atoms in total. The molecule has 0 aromatic heterocycles. The highest BCUT2D eigenvalue weighted by atomic mass is 79.9. The van der Waals surface area contributed by atoms with E-state index in [0.717, 1.165) is 15.7 Å². The second-order valence-electron chi connectivity index (χ2n) is 4.55. The van der Waals surface area contributed by atoms with Gasteiger partial charge in [0, 0.05) is 17.3 Å². The van der Waals surface area contributed by atoms with Gasteiger partial charge in [-0.25, -0.2) is 4.79 Å². The summed E-state index contributed by atoms with van der Waals surface area (Å²) in [4.78, 5) is 11.6. The Hall–Kier alpha value is -1.85. The van der Waals surface area contributed by atoms with Gasteiger partial charge in [-0.05, 0) is 35.4 Å². The number of methoxy groups -OCH3 is 1. The molecule has 0 aliphatic heterocycles. The number of carboxylic acid groups (broad SMARTS) is 1. The maximum absolute atomic E-state index is 11.6. The molecular formula is C16H16BrNO3. The predicted molar refractivity (Wildman–Crippen MR) is 85.3 cm³/mol. The van der Waals surface area contributed by atoms with Gasteiger partial charge in [-0.15, -0.1) is 0 Å². The van der Waals surface area contributed by atoms with Crippen LogP contribution in [0, 0.1) is 0 Å². The Kier molecular flexibility index (Phi) is 5.36. The molecule has 2 N–H and O–H groups in total. The molecule has 1 atom stereocenters. The van der Waals surface area contributed by atoms with Crippen LogP contribution in [0.4, 0.5) is 5.69 Å². The highest BCUT2D eigenvalue weighted by molar-refractivity contribution is 9.10. The standard InChI is InChI=1S/C16H16BrNO3/c1-21-10-11-4-2-3-5-14(11)15(16(19)20)18-13-8-6-12(17)7-9-13/h2-9,15,18H,10H2,1H3,(H,19,20). The average Bonchev–Trinajstić information content (AvgIpc) is 2.47. The zero-order chi connectivity index (χ0) is 15.2. The van der Waals surface area contributed by atoms with E-state index in [1.165, 1.54) is 0 Å². The molecule has 0 amide bonds. The lowest BCUT2D eigenvalue weighted by Crippen LogP contribution is -2.22. The van der Waals surface area contributed by atoms with Crippen LogP contribution in [0.2, 0.25) is 0 Å². The summed E-state index contributed by atoms with van der Waals surface area (Å²) < 4.78 is 6.08. The van der Waals surface area contributed by atoms with Crippen molar-refractivity contribution in [1.82, 2.24) is 0 Å². The van der Waals surface area contributed by atoms with E-state index < -0.39 is 12.0 Å². The van der Waals surface area contributed by atoms with Crippen molar-refractivity contribution in [3.63, 3.8) is 0 Å². The summed E-state index contributed by atoms with van der Waals surface area (Å²) in [6.45, 7) is 0.377. The van der Waals surface area contributed by atoms with Gasteiger partial charge in [-0.3, -0.25) is 0 Å². The van der Waals surface area contributed by atoms with Gasteiger partial charge in [0.15, 0.2) is 6.04 Å². The Balaban J connectivity index is 2.31. The molecule has 2 aromatic rings. The summed E-state index contributed by atoms with van der Waals surface area (Å²) in [5, 5.41) is 12.6. The van der Waals surface area contributed by atoms with E-state index >= 15 is 0 Å². The van der Waals surface area contributed by atoms with E-state index in [1.807, 2.05) is 42.5 Å². The van der Waals surface area contributed by atoms with Crippen LogP contribution < -0.4 is 5.32 Å². The molecule has 0 aliphatic carbocycles. The predicted octanol–water partition coefficient (Wildman–Crippen LogP) is 3.83. The molecule has 1 unspecified atom stereocenters. The molecule has 2 aromatic carbocycles. The van der Waals surface area contributed by atoms with Gasteiger partial charge in [-0.1, -0.05) is 40.2 Å². The van der Waals surface area contributed by atoms with Gasteiger partial charge in [0.1, 0.15) is 0 Å². The quantitative estimate of drug-likeness (QED) is 0.831. The van der Waals surface area contributed by atoms with Crippen molar-refractivity contribution in [2.45, 2.75) is 12.6 Å². The molecule has 110 valence electrons. The average molecular weight is 350 g/mol. The Morgan fingerprint density at radius 2 is 1.90 bits per heavy atom. The normalized spacial score (nSPS) is 11.9. The lowest BCUT2D eigenvalue weighted by Gasteiger charge is -2.19. The number of carbonyl (C=O) groups is 1. The first kappa shape index (κ1) is 15.5. The minimum Gasteiger partial charge on any atom is -0.479 e. The third-order valence-corrected chi connectivity index (χ3v) is 3.60. The third kappa shape index (κ3) is 4.06. The number of hydrogen-bond acceptors (Lipinski definition) is 3. The maximum atomic E-state index is 11.6. The van der Waals surface area contributed by atoms with E-state index in [9.17, 15) is 9.90 Å². The Morgan fingerprint density at radius 1 is 1.24 bits per heavy atom. The van der Waals surface area contributed by atoms with Crippen LogP contribution in [-0.2, 0) is 16.1 Å². The molecule has 21 heavy (non-hydrogen) atoms. The number of carboxylic acids is 1. The van der Waals surface area contributed by atoms with Crippen LogP contribution >= 0.6 is 15.9 Å². The fourth-order valence-electron chi connectivity index (χ4n) is 2.09. The van der Waals surface area contributed by atoms with E-state index in [-0.39, 0.29) is 0 Å². The summed E-state index contributed by atoms with van der Waals surface area (Å²) in [5.74, 6) is -0.929. The first-order chi connectivity index (χ1) is 10.1. The van der Waals surface area contributed by atoms with Crippen LogP contribution in [0.1, 0.15) is 17.2 Å². The molecule has 0 radical (unpaired) electrons. The van der Waals surface area contributed by atoms with Gasteiger partial charge in [-0.2, -0.15) is 0 Å². The fourth-order valence-corrected chi connectivity index (χ4v) is 2.35. The monoisotopic (exact) mass is 349 g/mol. The summed E-state index contributed by atoms with van der Waals surface area (Å²) in [6, 6.07) is 13.9. The number of benzene rings is 2. The first-order valence-corrected chi connectivity index (χ1v) is 7.22. The zero-order valence-electron chi connectivity index (χ0n) is 11.5. The minimum absolute atomic E-state index is 0.377. The number of halogens is 1. The number of anilines is 1. The molecule has 0 bridgehead atoms. The molecule has 0 heterocycles. The van der Waals surface area contributed by atoms with Crippen molar-refractivity contribution in [2.75, 3.05) is 12.4 Å². The SMILES string of the molecule is COCc1ccccc1C(Nc1ccc(Br)cc1)C(=O)O. The zero-order valence-corrected chi connectivity index (χ0v) is 13.1. The number of aliphatic carboxylic acids is 1. The molecule has 0 saturated heterocycles. The van der Waals surface area contributed by atoms with Gasteiger partial charge in [0.2, 0.25) is 0 Å². The molecule has 5 heteroatoms. The van der Waals surface area contributed by atoms with Crippen molar-refractivity contribution < 1.29 is 14.6 Å². The van der Waals surface area contributed by atoms with Gasteiger partial charge >= 0.3 is 5.97 Å². The van der Waals surface area contributed by atoms with Crippen LogP contribution in [-0.4, -0.2) is 18.2 Å². The van der Waals surface area contributed by atoms with Crippen molar-refractivity contribution in [2.24, 2.45) is 0 Å². The number of hydrogen-bond donors (Lipinski definition) is 2. The van der Waals surface area contributed by atoms with Crippen LogP contribution in [0.3, 0.4) is 0 Å². The van der Waals surface area contributed by atoms with Crippen LogP contribution in [0.15, 0.2) is 53.0 Å². The fraction of sp³-hybridized carbons (Fsp3) is 0.188. The Morgan fingerprint density at radius 3 is 2.52 bits per heavy atom. The lowest BCUT2D eigenvalue weighted by atomic mass is 10.0.